The lowest BCUT2D eigenvalue weighted by atomic mass is 9.98. The highest BCUT2D eigenvalue weighted by Gasteiger charge is 2.47. The third-order valence-corrected chi connectivity index (χ3v) is 4.21. The molecule has 2 heterocycles. The van der Waals surface area contributed by atoms with Crippen molar-refractivity contribution in [1.29, 1.82) is 0 Å². The first-order valence-electron chi connectivity index (χ1n) is 8.10. The standard InChI is InChI=1S/C15H28O6/c1-2-3-4-5-6-7-8-11-19-9-10-14(21-11)12(16)13(17)15(18)20-10/h10-18H,2-9H2,1H3. The van der Waals surface area contributed by atoms with Gasteiger partial charge in [0.25, 0.3) is 0 Å². The summed E-state index contributed by atoms with van der Waals surface area (Å²) in [4.78, 5) is 0. The van der Waals surface area contributed by atoms with Crippen LogP contribution in [-0.4, -0.2) is 58.9 Å². The molecule has 3 N–H and O–H groups in total. The minimum absolute atomic E-state index is 0.270. The normalized spacial score (nSPS) is 40.0. The zero-order valence-corrected chi connectivity index (χ0v) is 12.7. The number of aliphatic hydroxyl groups is 3. The number of unbranched alkanes of at least 4 members (excludes halogenated alkanes) is 5. The maximum Gasteiger partial charge on any atom is 0.184 e. The van der Waals surface area contributed by atoms with E-state index in [4.69, 9.17) is 14.2 Å². The first kappa shape index (κ1) is 17.1. The van der Waals surface area contributed by atoms with Crippen molar-refractivity contribution in [3.8, 4) is 0 Å². The number of ether oxygens (including phenoxy) is 3. The molecule has 0 radical (unpaired) electrons. The molecule has 0 bridgehead atoms. The van der Waals surface area contributed by atoms with Crippen molar-refractivity contribution in [2.24, 2.45) is 0 Å². The van der Waals surface area contributed by atoms with Gasteiger partial charge in [-0.05, 0) is 12.8 Å². The van der Waals surface area contributed by atoms with Crippen LogP contribution in [0.15, 0.2) is 0 Å². The van der Waals surface area contributed by atoms with Gasteiger partial charge in [0.2, 0.25) is 0 Å². The van der Waals surface area contributed by atoms with Gasteiger partial charge < -0.3 is 29.5 Å². The molecule has 6 nitrogen and oxygen atoms in total. The predicted molar refractivity (Wildman–Crippen MR) is 75.5 cm³/mol. The Labute approximate surface area is 126 Å². The Morgan fingerprint density at radius 1 is 0.905 bits per heavy atom. The van der Waals surface area contributed by atoms with Crippen LogP contribution in [0, 0.1) is 0 Å². The predicted octanol–water partition coefficient (Wildman–Crippen LogP) is 0.917. The lowest BCUT2D eigenvalue weighted by molar-refractivity contribution is -0.352. The van der Waals surface area contributed by atoms with E-state index in [2.05, 4.69) is 6.92 Å². The number of rotatable bonds is 7. The molecule has 124 valence electrons. The first-order valence-corrected chi connectivity index (χ1v) is 8.10. The molecule has 0 aromatic heterocycles. The van der Waals surface area contributed by atoms with Crippen molar-refractivity contribution in [3.63, 3.8) is 0 Å². The summed E-state index contributed by atoms with van der Waals surface area (Å²) in [6, 6.07) is 0. The van der Waals surface area contributed by atoms with E-state index < -0.39 is 30.7 Å². The molecule has 0 aromatic carbocycles. The molecular formula is C15H28O6. The lowest BCUT2D eigenvalue weighted by Gasteiger charge is -2.45. The third-order valence-electron chi connectivity index (χ3n) is 4.21. The van der Waals surface area contributed by atoms with Crippen LogP contribution in [0.2, 0.25) is 0 Å². The van der Waals surface area contributed by atoms with Crippen LogP contribution >= 0.6 is 0 Å². The number of fused-ring (bicyclic) bond motifs is 1. The summed E-state index contributed by atoms with van der Waals surface area (Å²) in [5.74, 6) is 0. The van der Waals surface area contributed by atoms with Gasteiger partial charge in [0, 0.05) is 0 Å². The monoisotopic (exact) mass is 304 g/mol. The first-order chi connectivity index (χ1) is 10.1. The molecule has 2 aliphatic rings. The van der Waals surface area contributed by atoms with Crippen molar-refractivity contribution < 1.29 is 29.5 Å². The second-order valence-corrected chi connectivity index (χ2v) is 5.97. The van der Waals surface area contributed by atoms with Crippen LogP contribution in [-0.2, 0) is 14.2 Å². The van der Waals surface area contributed by atoms with Crippen LogP contribution in [0.1, 0.15) is 51.9 Å². The number of hydrogen-bond donors (Lipinski definition) is 3. The summed E-state index contributed by atoms with van der Waals surface area (Å²) in [6.07, 6.45) is 2.57. The van der Waals surface area contributed by atoms with Gasteiger partial charge in [-0.1, -0.05) is 39.0 Å². The van der Waals surface area contributed by atoms with Gasteiger partial charge in [-0.15, -0.1) is 0 Å². The quantitative estimate of drug-likeness (QED) is 0.606. The van der Waals surface area contributed by atoms with Crippen LogP contribution in [0.3, 0.4) is 0 Å². The van der Waals surface area contributed by atoms with Crippen molar-refractivity contribution in [2.75, 3.05) is 6.61 Å². The zero-order chi connectivity index (χ0) is 15.2. The van der Waals surface area contributed by atoms with Crippen LogP contribution < -0.4 is 0 Å². The van der Waals surface area contributed by atoms with Crippen LogP contribution in [0.5, 0.6) is 0 Å². The van der Waals surface area contributed by atoms with Gasteiger partial charge >= 0.3 is 0 Å². The largest absolute Gasteiger partial charge is 0.387 e. The minimum atomic E-state index is -1.39. The summed E-state index contributed by atoms with van der Waals surface area (Å²) in [7, 11) is 0. The van der Waals surface area contributed by atoms with Crippen LogP contribution in [0.4, 0.5) is 0 Å². The third kappa shape index (κ3) is 4.61. The second-order valence-electron chi connectivity index (χ2n) is 5.97. The van der Waals surface area contributed by atoms with Gasteiger partial charge in [0.15, 0.2) is 12.6 Å². The van der Waals surface area contributed by atoms with Crippen molar-refractivity contribution in [1.82, 2.24) is 0 Å². The summed E-state index contributed by atoms with van der Waals surface area (Å²) >= 11 is 0. The average Bonchev–Trinajstić information content (AvgIpc) is 2.49. The molecule has 0 saturated carbocycles. The Morgan fingerprint density at radius 2 is 1.62 bits per heavy atom. The molecule has 0 aromatic rings. The molecular weight excluding hydrogens is 276 g/mol. The fraction of sp³-hybridized carbons (Fsp3) is 1.00. The van der Waals surface area contributed by atoms with Crippen molar-refractivity contribution >= 4 is 0 Å². The van der Waals surface area contributed by atoms with E-state index in [0.717, 1.165) is 19.3 Å². The van der Waals surface area contributed by atoms with E-state index in [1.807, 2.05) is 0 Å². The highest BCUT2D eigenvalue weighted by molar-refractivity contribution is 4.91. The second kappa shape index (κ2) is 8.41. The maximum atomic E-state index is 9.96. The summed E-state index contributed by atoms with van der Waals surface area (Å²) in [5.41, 5.74) is 0. The molecule has 6 atom stereocenters. The fourth-order valence-corrected chi connectivity index (χ4v) is 2.88. The Kier molecular flexibility index (Phi) is 6.85. The summed E-state index contributed by atoms with van der Waals surface area (Å²) in [6.45, 7) is 2.47. The molecule has 21 heavy (non-hydrogen) atoms. The number of aliphatic hydroxyl groups excluding tert-OH is 3. The number of hydrogen-bond acceptors (Lipinski definition) is 6. The highest BCUT2D eigenvalue weighted by Crippen LogP contribution is 2.29. The van der Waals surface area contributed by atoms with Gasteiger partial charge in [0.1, 0.15) is 24.4 Å². The molecule has 0 aliphatic carbocycles. The summed E-state index contributed by atoms with van der Waals surface area (Å²) < 4.78 is 16.4. The Balaban J connectivity index is 1.69. The Bertz CT molecular complexity index is 298. The Morgan fingerprint density at radius 3 is 2.38 bits per heavy atom. The SMILES string of the molecule is CCCCCCCCC1OCC2OC(O)C(O)C(O)C2O1. The molecule has 2 saturated heterocycles. The molecule has 0 amide bonds. The molecule has 6 heteroatoms. The van der Waals surface area contributed by atoms with E-state index in [-0.39, 0.29) is 12.9 Å². The van der Waals surface area contributed by atoms with Crippen molar-refractivity contribution in [2.45, 2.75) is 88.9 Å². The lowest BCUT2D eigenvalue weighted by Crippen LogP contribution is -2.62. The summed E-state index contributed by atoms with van der Waals surface area (Å²) in [5, 5.41) is 29.0. The minimum Gasteiger partial charge on any atom is -0.387 e. The van der Waals surface area contributed by atoms with E-state index in [9.17, 15) is 15.3 Å². The van der Waals surface area contributed by atoms with E-state index in [1.54, 1.807) is 0 Å². The Hall–Kier alpha value is -0.240. The smallest absolute Gasteiger partial charge is 0.184 e. The highest BCUT2D eigenvalue weighted by atomic mass is 16.7. The van der Waals surface area contributed by atoms with Gasteiger partial charge in [-0.3, -0.25) is 0 Å². The van der Waals surface area contributed by atoms with E-state index in [1.165, 1.54) is 25.7 Å². The van der Waals surface area contributed by atoms with E-state index >= 15 is 0 Å². The van der Waals surface area contributed by atoms with Gasteiger partial charge in [-0.25, -0.2) is 0 Å². The molecule has 0 spiro atoms. The molecule has 2 fully saturated rings. The van der Waals surface area contributed by atoms with Crippen molar-refractivity contribution in [3.05, 3.63) is 0 Å². The molecule has 6 unspecified atom stereocenters. The molecule has 2 aliphatic heterocycles. The topological polar surface area (TPSA) is 88.4 Å². The zero-order valence-electron chi connectivity index (χ0n) is 12.7. The van der Waals surface area contributed by atoms with Crippen LogP contribution in [0.25, 0.3) is 0 Å². The fourth-order valence-electron chi connectivity index (χ4n) is 2.88. The average molecular weight is 304 g/mol. The van der Waals surface area contributed by atoms with Gasteiger partial charge in [0.05, 0.1) is 6.61 Å². The van der Waals surface area contributed by atoms with Gasteiger partial charge in [-0.2, -0.15) is 0 Å². The van der Waals surface area contributed by atoms with E-state index in [0.29, 0.717) is 0 Å². The maximum absolute atomic E-state index is 9.96. The molecule has 2 rings (SSSR count).